The molecule has 2 rings (SSSR count). The maximum atomic E-state index is 12.0. The van der Waals surface area contributed by atoms with Crippen LogP contribution in [0.15, 0.2) is 42.5 Å². The molecule has 134 valence electrons. The number of benzene rings is 2. The van der Waals surface area contributed by atoms with E-state index in [-0.39, 0.29) is 5.91 Å². The molecule has 0 aromatic heterocycles. The second kappa shape index (κ2) is 10.1. The van der Waals surface area contributed by atoms with Gasteiger partial charge in [0.25, 0.3) is 0 Å². The van der Waals surface area contributed by atoms with Gasteiger partial charge in [-0.2, -0.15) is 11.8 Å². The molecule has 0 radical (unpaired) electrons. The van der Waals surface area contributed by atoms with Crippen molar-refractivity contribution in [1.82, 2.24) is 0 Å². The number of nitrogens with one attached hydrogen (secondary N) is 1. The molecule has 0 spiro atoms. The number of ether oxygens (including phenoxy) is 1. The second-order valence-electron chi connectivity index (χ2n) is 6.14. The Kier molecular flexibility index (Phi) is 7.86. The number of hydrogen-bond acceptors (Lipinski definition) is 3. The summed E-state index contributed by atoms with van der Waals surface area (Å²) in [7, 11) is 0. The molecule has 2 aromatic rings. The molecule has 0 saturated heterocycles. The van der Waals surface area contributed by atoms with Gasteiger partial charge in [-0.25, -0.2) is 0 Å². The molecule has 0 unspecified atom stereocenters. The van der Waals surface area contributed by atoms with Gasteiger partial charge in [-0.15, -0.1) is 0 Å². The fraction of sp³-hybridized carbons (Fsp3) is 0.381. The summed E-state index contributed by atoms with van der Waals surface area (Å²) in [5.41, 5.74) is 4.53. The van der Waals surface area contributed by atoms with E-state index >= 15 is 0 Å². The molecule has 0 saturated carbocycles. The van der Waals surface area contributed by atoms with E-state index in [1.165, 1.54) is 16.7 Å². The average Bonchev–Trinajstić information content (AvgIpc) is 2.57. The molecule has 0 heterocycles. The number of para-hydroxylation sites is 1. The lowest BCUT2D eigenvalue weighted by Crippen LogP contribution is -2.15. The van der Waals surface area contributed by atoms with E-state index in [9.17, 15) is 4.79 Å². The van der Waals surface area contributed by atoms with E-state index in [2.05, 4.69) is 44.3 Å². The Hall–Kier alpha value is -1.94. The van der Waals surface area contributed by atoms with Crippen molar-refractivity contribution in [1.29, 1.82) is 0 Å². The van der Waals surface area contributed by atoms with Crippen LogP contribution in [0.3, 0.4) is 0 Å². The number of anilines is 1. The summed E-state index contributed by atoms with van der Waals surface area (Å²) < 4.78 is 5.79. The van der Waals surface area contributed by atoms with Gasteiger partial charge in [0.15, 0.2) is 0 Å². The Morgan fingerprint density at radius 1 is 1.12 bits per heavy atom. The molecular formula is C21H27NO2S. The van der Waals surface area contributed by atoms with Gasteiger partial charge in [-0.1, -0.05) is 31.2 Å². The summed E-state index contributed by atoms with van der Waals surface area (Å²) in [5.74, 6) is 2.37. The third-order valence-corrected chi connectivity index (χ3v) is 4.85. The van der Waals surface area contributed by atoms with E-state index in [1.54, 1.807) is 11.8 Å². The molecule has 25 heavy (non-hydrogen) atoms. The van der Waals surface area contributed by atoms with Crippen LogP contribution in [0.2, 0.25) is 0 Å². The van der Waals surface area contributed by atoms with Gasteiger partial charge in [0.1, 0.15) is 5.75 Å². The van der Waals surface area contributed by atoms with Crippen molar-refractivity contribution in [3.05, 3.63) is 59.2 Å². The first-order valence-corrected chi connectivity index (χ1v) is 9.90. The maximum absolute atomic E-state index is 12.0. The molecule has 0 aliphatic rings. The van der Waals surface area contributed by atoms with Crippen LogP contribution in [0.5, 0.6) is 5.75 Å². The number of carbonyl (C=O) groups is 1. The third-order valence-electron chi connectivity index (χ3n) is 3.80. The van der Waals surface area contributed by atoms with Gasteiger partial charge < -0.3 is 10.1 Å². The summed E-state index contributed by atoms with van der Waals surface area (Å²) in [4.78, 5) is 12.0. The largest absolute Gasteiger partial charge is 0.494 e. The molecule has 4 heteroatoms. The zero-order chi connectivity index (χ0) is 18.1. The molecule has 1 amide bonds. The molecule has 0 fully saturated rings. The zero-order valence-electron chi connectivity index (χ0n) is 15.3. The van der Waals surface area contributed by atoms with Crippen molar-refractivity contribution >= 4 is 23.4 Å². The molecule has 0 bridgehead atoms. The zero-order valence-corrected chi connectivity index (χ0v) is 16.1. The van der Waals surface area contributed by atoms with Crippen LogP contribution >= 0.6 is 11.8 Å². The van der Waals surface area contributed by atoms with Crippen molar-refractivity contribution in [3.63, 3.8) is 0 Å². The normalized spacial score (nSPS) is 10.5. The number of thioether (sulfide) groups is 1. The smallest absolute Gasteiger partial charge is 0.234 e. The SMILES string of the molecule is CCc1ccccc1NC(=O)CSCCCOc1cc(C)cc(C)c1. The Bertz CT molecular complexity index is 680. The fourth-order valence-corrected chi connectivity index (χ4v) is 3.39. The number of aryl methyl sites for hydroxylation is 3. The fourth-order valence-electron chi connectivity index (χ4n) is 2.67. The van der Waals surface area contributed by atoms with Crippen molar-refractivity contribution in [2.45, 2.75) is 33.6 Å². The summed E-state index contributed by atoms with van der Waals surface area (Å²) in [6, 6.07) is 14.2. The van der Waals surface area contributed by atoms with Gasteiger partial charge in [0.2, 0.25) is 5.91 Å². The summed E-state index contributed by atoms with van der Waals surface area (Å²) in [6.07, 6.45) is 1.84. The minimum atomic E-state index is 0.0566. The van der Waals surface area contributed by atoms with Crippen LogP contribution < -0.4 is 10.1 Å². The summed E-state index contributed by atoms with van der Waals surface area (Å²) in [5, 5.41) is 3.00. The third kappa shape index (κ3) is 6.83. The molecule has 3 nitrogen and oxygen atoms in total. The van der Waals surface area contributed by atoms with Crippen molar-refractivity contribution in [2.24, 2.45) is 0 Å². The standard InChI is InChI=1S/C21H27NO2S/c1-4-18-8-5-6-9-20(18)22-21(23)15-25-11-7-10-24-19-13-16(2)12-17(3)14-19/h5-6,8-9,12-14H,4,7,10-11,15H2,1-3H3,(H,22,23). The van der Waals surface area contributed by atoms with E-state index in [1.807, 2.05) is 24.3 Å². The minimum Gasteiger partial charge on any atom is -0.494 e. The van der Waals surface area contributed by atoms with Crippen LogP contribution in [0.4, 0.5) is 5.69 Å². The molecule has 2 aromatic carbocycles. The Labute approximate surface area is 155 Å². The van der Waals surface area contributed by atoms with Gasteiger partial charge in [-0.05, 0) is 67.3 Å². The molecule has 0 atom stereocenters. The topological polar surface area (TPSA) is 38.3 Å². The highest BCUT2D eigenvalue weighted by atomic mass is 32.2. The lowest BCUT2D eigenvalue weighted by Gasteiger charge is -2.10. The minimum absolute atomic E-state index is 0.0566. The second-order valence-corrected chi connectivity index (χ2v) is 7.24. The Morgan fingerprint density at radius 3 is 2.56 bits per heavy atom. The molecule has 0 aliphatic heterocycles. The van der Waals surface area contributed by atoms with Gasteiger partial charge in [0, 0.05) is 5.69 Å². The quantitative estimate of drug-likeness (QED) is 0.641. The monoisotopic (exact) mass is 357 g/mol. The lowest BCUT2D eigenvalue weighted by molar-refractivity contribution is -0.113. The van der Waals surface area contributed by atoms with Crippen LogP contribution in [-0.2, 0) is 11.2 Å². The maximum Gasteiger partial charge on any atom is 0.234 e. The highest BCUT2D eigenvalue weighted by Gasteiger charge is 2.05. The van der Waals surface area contributed by atoms with Crippen LogP contribution in [0.1, 0.15) is 30.0 Å². The van der Waals surface area contributed by atoms with Crippen molar-refractivity contribution in [2.75, 3.05) is 23.4 Å². The highest BCUT2D eigenvalue weighted by molar-refractivity contribution is 7.99. The highest BCUT2D eigenvalue weighted by Crippen LogP contribution is 2.17. The van der Waals surface area contributed by atoms with Crippen LogP contribution in [-0.4, -0.2) is 24.0 Å². The average molecular weight is 358 g/mol. The van der Waals surface area contributed by atoms with Gasteiger partial charge in [-0.3, -0.25) is 4.79 Å². The van der Waals surface area contributed by atoms with Crippen LogP contribution in [0, 0.1) is 13.8 Å². The molecular weight excluding hydrogens is 330 g/mol. The number of hydrogen-bond donors (Lipinski definition) is 1. The summed E-state index contributed by atoms with van der Waals surface area (Å²) in [6.45, 7) is 6.92. The van der Waals surface area contributed by atoms with Gasteiger partial charge in [0.05, 0.1) is 12.4 Å². The van der Waals surface area contributed by atoms with E-state index in [0.717, 1.165) is 30.0 Å². The van der Waals surface area contributed by atoms with E-state index in [0.29, 0.717) is 12.4 Å². The Balaban J connectivity index is 1.63. The molecule has 1 N–H and O–H groups in total. The first-order chi connectivity index (χ1) is 12.1. The number of amides is 1. The molecule has 0 aliphatic carbocycles. The van der Waals surface area contributed by atoms with E-state index < -0.39 is 0 Å². The van der Waals surface area contributed by atoms with Gasteiger partial charge >= 0.3 is 0 Å². The Morgan fingerprint density at radius 2 is 1.84 bits per heavy atom. The number of rotatable bonds is 9. The number of carbonyl (C=O) groups excluding carboxylic acids is 1. The predicted octanol–water partition coefficient (Wildman–Crippen LogP) is 5.01. The van der Waals surface area contributed by atoms with Crippen molar-refractivity contribution < 1.29 is 9.53 Å². The lowest BCUT2D eigenvalue weighted by atomic mass is 10.1. The first kappa shape index (κ1) is 19.4. The van der Waals surface area contributed by atoms with E-state index in [4.69, 9.17) is 4.74 Å². The summed E-state index contributed by atoms with van der Waals surface area (Å²) >= 11 is 1.64. The van der Waals surface area contributed by atoms with Crippen molar-refractivity contribution in [3.8, 4) is 5.75 Å². The van der Waals surface area contributed by atoms with Crippen LogP contribution in [0.25, 0.3) is 0 Å². The predicted molar refractivity (Wildman–Crippen MR) is 108 cm³/mol. The first-order valence-electron chi connectivity index (χ1n) is 8.75.